The molecule has 88 valence electrons. The Kier molecular flexibility index (Phi) is 4.84. The van der Waals surface area contributed by atoms with Crippen LogP contribution in [0.15, 0.2) is 0 Å². The molecule has 5 nitrogen and oxygen atoms in total. The molecule has 2 unspecified atom stereocenters. The van der Waals surface area contributed by atoms with Gasteiger partial charge in [-0.3, -0.25) is 0 Å². The molecule has 0 aliphatic carbocycles. The first-order valence-corrected chi connectivity index (χ1v) is 5.56. The van der Waals surface area contributed by atoms with Crippen LogP contribution in [0.3, 0.4) is 0 Å². The van der Waals surface area contributed by atoms with E-state index in [1.807, 2.05) is 0 Å². The number of carbonyl (C=O) groups is 1. The molecule has 0 aromatic carbocycles. The summed E-state index contributed by atoms with van der Waals surface area (Å²) in [6.07, 6.45) is 2.35. The molecule has 0 aromatic rings. The first kappa shape index (κ1) is 12.3. The first-order chi connectivity index (χ1) is 7.09. The summed E-state index contributed by atoms with van der Waals surface area (Å²) in [7, 11) is 2.16. The van der Waals surface area contributed by atoms with E-state index in [1.54, 1.807) is 0 Å². The Morgan fingerprint density at radius 2 is 2.27 bits per heavy atom. The third-order valence-electron chi connectivity index (χ3n) is 3.07. The van der Waals surface area contributed by atoms with E-state index in [9.17, 15) is 4.79 Å². The maximum atomic E-state index is 10.4. The minimum Gasteiger partial charge on any atom is -0.352 e. The Labute approximate surface area is 91.4 Å². The van der Waals surface area contributed by atoms with E-state index in [-0.39, 0.29) is 0 Å². The van der Waals surface area contributed by atoms with Crippen molar-refractivity contribution in [1.29, 1.82) is 0 Å². The molecule has 1 rings (SSSR count). The lowest BCUT2D eigenvalue weighted by Crippen LogP contribution is -2.47. The standard InChI is InChI=1S/C10H22N4O/c1-8-7-9(3-6-14(8)2)12-4-5-13-10(11)15/h8-9,12H,3-7H2,1-2H3,(H3,11,13,15). The van der Waals surface area contributed by atoms with Gasteiger partial charge in [-0.05, 0) is 33.4 Å². The van der Waals surface area contributed by atoms with E-state index >= 15 is 0 Å². The van der Waals surface area contributed by atoms with Crippen LogP contribution in [-0.2, 0) is 0 Å². The van der Waals surface area contributed by atoms with Crippen molar-refractivity contribution in [2.24, 2.45) is 5.73 Å². The van der Waals surface area contributed by atoms with Crippen LogP contribution in [0.4, 0.5) is 4.79 Å². The molecule has 2 amide bonds. The van der Waals surface area contributed by atoms with Gasteiger partial charge >= 0.3 is 6.03 Å². The predicted molar refractivity (Wildman–Crippen MR) is 60.7 cm³/mol. The maximum Gasteiger partial charge on any atom is 0.312 e. The molecular weight excluding hydrogens is 192 g/mol. The fourth-order valence-corrected chi connectivity index (χ4v) is 1.94. The SMILES string of the molecule is CC1CC(NCCNC(N)=O)CCN1C. The van der Waals surface area contributed by atoms with Gasteiger partial charge in [-0.1, -0.05) is 0 Å². The van der Waals surface area contributed by atoms with Gasteiger partial charge in [0.2, 0.25) is 0 Å². The molecule has 0 bridgehead atoms. The fourth-order valence-electron chi connectivity index (χ4n) is 1.94. The number of urea groups is 1. The van der Waals surface area contributed by atoms with Crippen LogP contribution in [0.5, 0.6) is 0 Å². The summed E-state index contributed by atoms with van der Waals surface area (Å²) in [5.74, 6) is 0. The van der Waals surface area contributed by atoms with Gasteiger partial charge in [0.1, 0.15) is 0 Å². The monoisotopic (exact) mass is 214 g/mol. The maximum absolute atomic E-state index is 10.4. The summed E-state index contributed by atoms with van der Waals surface area (Å²) >= 11 is 0. The normalized spacial score (nSPS) is 27.6. The van der Waals surface area contributed by atoms with Crippen molar-refractivity contribution in [1.82, 2.24) is 15.5 Å². The molecule has 5 heteroatoms. The summed E-state index contributed by atoms with van der Waals surface area (Å²) in [5, 5.41) is 6.00. The Bertz CT molecular complexity index is 210. The van der Waals surface area contributed by atoms with Gasteiger partial charge in [0.15, 0.2) is 0 Å². The molecule has 2 atom stereocenters. The van der Waals surface area contributed by atoms with Crippen molar-refractivity contribution in [3.63, 3.8) is 0 Å². The molecular formula is C10H22N4O. The van der Waals surface area contributed by atoms with Crippen molar-refractivity contribution in [2.45, 2.75) is 31.8 Å². The molecule has 1 saturated heterocycles. The van der Waals surface area contributed by atoms with Gasteiger partial charge in [-0.15, -0.1) is 0 Å². The van der Waals surface area contributed by atoms with Crippen molar-refractivity contribution in [3.05, 3.63) is 0 Å². The second-order valence-electron chi connectivity index (χ2n) is 4.30. The van der Waals surface area contributed by atoms with Crippen LogP contribution in [0.25, 0.3) is 0 Å². The number of hydrogen-bond donors (Lipinski definition) is 3. The molecule has 1 aliphatic heterocycles. The minimum absolute atomic E-state index is 0.450. The van der Waals surface area contributed by atoms with Crippen molar-refractivity contribution >= 4 is 6.03 Å². The van der Waals surface area contributed by atoms with Gasteiger partial charge < -0.3 is 21.3 Å². The lowest BCUT2D eigenvalue weighted by molar-refractivity contribution is 0.169. The number of nitrogens with zero attached hydrogens (tertiary/aromatic N) is 1. The summed E-state index contributed by atoms with van der Waals surface area (Å²) in [4.78, 5) is 12.8. The highest BCUT2D eigenvalue weighted by Crippen LogP contribution is 2.14. The number of primary amides is 1. The largest absolute Gasteiger partial charge is 0.352 e. The number of rotatable bonds is 4. The Morgan fingerprint density at radius 3 is 2.87 bits per heavy atom. The second kappa shape index (κ2) is 5.92. The zero-order valence-corrected chi connectivity index (χ0v) is 9.62. The van der Waals surface area contributed by atoms with E-state index in [1.165, 1.54) is 12.8 Å². The molecule has 15 heavy (non-hydrogen) atoms. The number of hydrogen-bond acceptors (Lipinski definition) is 3. The summed E-state index contributed by atoms with van der Waals surface area (Å²) in [6, 6.07) is 0.764. The first-order valence-electron chi connectivity index (χ1n) is 5.56. The lowest BCUT2D eigenvalue weighted by Gasteiger charge is -2.35. The smallest absolute Gasteiger partial charge is 0.312 e. The number of carbonyl (C=O) groups excluding carboxylic acids is 1. The zero-order valence-electron chi connectivity index (χ0n) is 9.62. The fraction of sp³-hybridized carbons (Fsp3) is 0.900. The predicted octanol–water partition coefficient (Wildman–Crippen LogP) is -0.273. The van der Waals surface area contributed by atoms with E-state index in [4.69, 9.17) is 5.73 Å². The molecule has 0 saturated carbocycles. The Morgan fingerprint density at radius 1 is 1.53 bits per heavy atom. The van der Waals surface area contributed by atoms with Crippen molar-refractivity contribution in [2.75, 3.05) is 26.7 Å². The third-order valence-corrected chi connectivity index (χ3v) is 3.07. The zero-order chi connectivity index (χ0) is 11.3. The number of likely N-dealkylation sites (tertiary alicyclic amines) is 1. The van der Waals surface area contributed by atoms with E-state index in [0.29, 0.717) is 18.6 Å². The summed E-state index contributed by atoms with van der Waals surface area (Å²) in [5.41, 5.74) is 4.97. The number of piperidine rings is 1. The molecule has 1 heterocycles. The van der Waals surface area contributed by atoms with Crippen molar-refractivity contribution in [3.8, 4) is 0 Å². The Hall–Kier alpha value is -0.810. The molecule has 0 aromatic heterocycles. The van der Waals surface area contributed by atoms with Crippen LogP contribution >= 0.6 is 0 Å². The molecule has 0 spiro atoms. The minimum atomic E-state index is -0.450. The second-order valence-corrected chi connectivity index (χ2v) is 4.30. The van der Waals surface area contributed by atoms with E-state index < -0.39 is 6.03 Å². The van der Waals surface area contributed by atoms with Crippen LogP contribution in [0, 0.1) is 0 Å². The summed E-state index contributed by atoms with van der Waals surface area (Å²) in [6.45, 7) is 4.79. The molecule has 4 N–H and O–H groups in total. The summed E-state index contributed by atoms with van der Waals surface area (Å²) < 4.78 is 0. The quantitative estimate of drug-likeness (QED) is 0.564. The van der Waals surface area contributed by atoms with Gasteiger partial charge in [0.25, 0.3) is 0 Å². The van der Waals surface area contributed by atoms with Gasteiger partial charge in [0, 0.05) is 25.2 Å². The van der Waals surface area contributed by atoms with Crippen molar-refractivity contribution < 1.29 is 4.79 Å². The average Bonchev–Trinajstić information content (AvgIpc) is 2.18. The van der Waals surface area contributed by atoms with Crippen LogP contribution in [0.2, 0.25) is 0 Å². The van der Waals surface area contributed by atoms with Crippen LogP contribution in [-0.4, -0.2) is 49.7 Å². The topological polar surface area (TPSA) is 70.4 Å². The van der Waals surface area contributed by atoms with Gasteiger partial charge in [-0.2, -0.15) is 0 Å². The van der Waals surface area contributed by atoms with Crippen LogP contribution in [0.1, 0.15) is 19.8 Å². The average molecular weight is 214 g/mol. The van der Waals surface area contributed by atoms with Gasteiger partial charge in [0.05, 0.1) is 0 Å². The molecule has 1 fully saturated rings. The third kappa shape index (κ3) is 4.48. The van der Waals surface area contributed by atoms with Crippen LogP contribution < -0.4 is 16.4 Å². The molecule has 1 aliphatic rings. The van der Waals surface area contributed by atoms with E-state index in [2.05, 4.69) is 29.5 Å². The van der Waals surface area contributed by atoms with Gasteiger partial charge in [-0.25, -0.2) is 4.79 Å². The number of nitrogens with one attached hydrogen (secondary N) is 2. The number of amides is 2. The highest BCUT2D eigenvalue weighted by Gasteiger charge is 2.21. The highest BCUT2D eigenvalue weighted by molar-refractivity contribution is 5.71. The Balaban J connectivity index is 2.09. The highest BCUT2D eigenvalue weighted by atomic mass is 16.2. The lowest BCUT2D eigenvalue weighted by atomic mass is 9.99. The van der Waals surface area contributed by atoms with E-state index in [0.717, 1.165) is 13.1 Å². The number of nitrogens with two attached hydrogens (primary N) is 1. The molecule has 0 radical (unpaired) electrons.